The van der Waals surface area contributed by atoms with Gasteiger partial charge < -0.3 is 11.1 Å². The highest BCUT2D eigenvalue weighted by Crippen LogP contribution is 2.20. The average molecular weight is 217 g/mol. The topological polar surface area (TPSA) is 38.0 Å². The highest BCUT2D eigenvalue weighted by molar-refractivity contribution is 6.30. The molecule has 2 nitrogen and oxygen atoms in total. The lowest BCUT2D eigenvalue weighted by Gasteiger charge is -2.16. The van der Waals surface area contributed by atoms with Crippen LogP contribution in [0.15, 0.2) is 18.2 Å². The van der Waals surface area contributed by atoms with E-state index in [-0.39, 0.29) is 11.1 Å². The molecule has 0 saturated heterocycles. The Labute approximate surface area is 88.2 Å². The number of hydrogen-bond acceptors (Lipinski definition) is 2. The van der Waals surface area contributed by atoms with Crippen LogP contribution < -0.4 is 11.1 Å². The molecule has 1 aromatic rings. The van der Waals surface area contributed by atoms with Crippen molar-refractivity contribution in [3.8, 4) is 0 Å². The minimum absolute atomic E-state index is 0.0399. The number of nitrogens with two attached hydrogens (primary N) is 1. The number of halogens is 2. The summed E-state index contributed by atoms with van der Waals surface area (Å²) in [4.78, 5) is 0. The molecule has 0 aliphatic heterocycles. The summed E-state index contributed by atoms with van der Waals surface area (Å²) in [7, 11) is 0. The first-order valence-corrected chi connectivity index (χ1v) is 4.95. The molecule has 0 aliphatic rings. The molecular formula is C10H14ClFN2. The summed E-state index contributed by atoms with van der Waals surface area (Å²) in [6, 6.07) is 4.70. The fraction of sp³-hybridized carbons (Fsp3) is 0.400. The molecule has 3 N–H and O–H groups in total. The van der Waals surface area contributed by atoms with Crippen molar-refractivity contribution in [2.45, 2.75) is 13.0 Å². The lowest BCUT2D eigenvalue weighted by Crippen LogP contribution is -2.27. The smallest absolute Gasteiger partial charge is 0.141 e. The Hall–Kier alpha value is -0.640. The molecule has 0 saturated carbocycles. The molecule has 0 radical (unpaired) electrons. The summed E-state index contributed by atoms with van der Waals surface area (Å²) in [5.74, 6) is -0.400. The van der Waals surface area contributed by atoms with Gasteiger partial charge in [-0.3, -0.25) is 0 Å². The molecule has 0 aliphatic carbocycles. The SMILES string of the molecule is CCNC(CN)c1ccc(F)c(Cl)c1. The van der Waals surface area contributed by atoms with Crippen LogP contribution in [0.25, 0.3) is 0 Å². The highest BCUT2D eigenvalue weighted by Gasteiger charge is 2.09. The number of nitrogens with one attached hydrogen (secondary N) is 1. The van der Waals surface area contributed by atoms with Gasteiger partial charge in [-0.05, 0) is 24.2 Å². The van der Waals surface area contributed by atoms with Gasteiger partial charge in [0.15, 0.2) is 0 Å². The summed E-state index contributed by atoms with van der Waals surface area (Å²) in [6.07, 6.45) is 0. The predicted molar refractivity (Wildman–Crippen MR) is 56.9 cm³/mol. The second-order valence-electron chi connectivity index (χ2n) is 3.02. The Morgan fingerprint density at radius 2 is 2.29 bits per heavy atom. The van der Waals surface area contributed by atoms with Crippen LogP contribution in [0.4, 0.5) is 4.39 Å². The third-order valence-electron chi connectivity index (χ3n) is 2.03. The van der Waals surface area contributed by atoms with Crippen LogP contribution in [0.1, 0.15) is 18.5 Å². The zero-order valence-corrected chi connectivity index (χ0v) is 8.81. The zero-order valence-electron chi connectivity index (χ0n) is 8.06. The summed E-state index contributed by atoms with van der Waals surface area (Å²) >= 11 is 5.67. The van der Waals surface area contributed by atoms with Gasteiger partial charge in [0.25, 0.3) is 0 Å². The van der Waals surface area contributed by atoms with Crippen molar-refractivity contribution >= 4 is 11.6 Å². The van der Waals surface area contributed by atoms with Gasteiger partial charge >= 0.3 is 0 Å². The van der Waals surface area contributed by atoms with E-state index in [0.717, 1.165) is 12.1 Å². The number of benzene rings is 1. The summed E-state index contributed by atoms with van der Waals surface area (Å²) < 4.78 is 12.9. The molecule has 1 unspecified atom stereocenters. The van der Waals surface area contributed by atoms with Gasteiger partial charge in [-0.15, -0.1) is 0 Å². The Kier molecular flexibility index (Phi) is 4.32. The molecule has 4 heteroatoms. The summed E-state index contributed by atoms with van der Waals surface area (Å²) in [6.45, 7) is 3.28. The predicted octanol–water partition coefficient (Wildman–Crippen LogP) is 2.09. The van der Waals surface area contributed by atoms with Crippen LogP contribution in [-0.2, 0) is 0 Å². The van der Waals surface area contributed by atoms with E-state index in [1.54, 1.807) is 12.1 Å². The number of rotatable bonds is 4. The van der Waals surface area contributed by atoms with Gasteiger partial charge in [0.05, 0.1) is 5.02 Å². The monoisotopic (exact) mass is 216 g/mol. The van der Waals surface area contributed by atoms with Crippen LogP contribution in [0.5, 0.6) is 0 Å². The minimum atomic E-state index is -0.400. The average Bonchev–Trinajstić information content (AvgIpc) is 2.19. The maximum absolute atomic E-state index is 12.9. The van der Waals surface area contributed by atoms with Crippen LogP contribution >= 0.6 is 11.6 Å². The van der Waals surface area contributed by atoms with Crippen molar-refractivity contribution in [2.24, 2.45) is 5.73 Å². The van der Waals surface area contributed by atoms with Gasteiger partial charge in [-0.2, -0.15) is 0 Å². The van der Waals surface area contributed by atoms with E-state index >= 15 is 0 Å². The molecule has 1 aromatic carbocycles. The van der Waals surface area contributed by atoms with E-state index in [4.69, 9.17) is 17.3 Å². The minimum Gasteiger partial charge on any atom is -0.329 e. The summed E-state index contributed by atoms with van der Waals surface area (Å²) in [5, 5.41) is 3.33. The molecule has 0 bridgehead atoms. The van der Waals surface area contributed by atoms with E-state index in [9.17, 15) is 4.39 Å². The van der Waals surface area contributed by atoms with Crippen molar-refractivity contribution in [3.05, 3.63) is 34.6 Å². The lowest BCUT2D eigenvalue weighted by atomic mass is 10.1. The molecule has 0 heterocycles. The van der Waals surface area contributed by atoms with Crippen LogP contribution in [0.3, 0.4) is 0 Å². The van der Waals surface area contributed by atoms with Gasteiger partial charge in [-0.1, -0.05) is 24.6 Å². The van der Waals surface area contributed by atoms with Gasteiger partial charge in [-0.25, -0.2) is 4.39 Å². The second-order valence-corrected chi connectivity index (χ2v) is 3.43. The van der Waals surface area contributed by atoms with Crippen LogP contribution in [0.2, 0.25) is 5.02 Å². The van der Waals surface area contributed by atoms with E-state index in [2.05, 4.69) is 5.32 Å². The van der Waals surface area contributed by atoms with Crippen molar-refractivity contribution in [1.82, 2.24) is 5.32 Å². The maximum atomic E-state index is 12.9. The second kappa shape index (κ2) is 5.29. The summed E-state index contributed by atoms with van der Waals surface area (Å²) in [5.41, 5.74) is 6.50. The molecule has 0 aromatic heterocycles. The lowest BCUT2D eigenvalue weighted by molar-refractivity contribution is 0.559. The van der Waals surface area contributed by atoms with Crippen LogP contribution in [0, 0.1) is 5.82 Å². The number of likely N-dealkylation sites (N-methyl/N-ethyl adjacent to an activating group) is 1. The largest absolute Gasteiger partial charge is 0.329 e. The first-order valence-electron chi connectivity index (χ1n) is 4.57. The Morgan fingerprint density at radius 3 is 2.79 bits per heavy atom. The van der Waals surface area contributed by atoms with E-state index in [0.29, 0.717) is 6.54 Å². The fourth-order valence-electron chi connectivity index (χ4n) is 1.31. The molecule has 0 fully saturated rings. The van der Waals surface area contributed by atoms with E-state index in [1.165, 1.54) is 6.07 Å². The zero-order chi connectivity index (χ0) is 10.6. The van der Waals surface area contributed by atoms with Crippen molar-refractivity contribution < 1.29 is 4.39 Å². The van der Waals surface area contributed by atoms with Crippen molar-refractivity contribution in [2.75, 3.05) is 13.1 Å². The van der Waals surface area contributed by atoms with E-state index < -0.39 is 5.82 Å². The normalized spacial score (nSPS) is 12.9. The third-order valence-corrected chi connectivity index (χ3v) is 2.32. The first-order chi connectivity index (χ1) is 6.69. The standard InChI is InChI=1S/C10H14ClFN2/c1-2-14-10(6-13)7-3-4-9(12)8(11)5-7/h3-5,10,14H,2,6,13H2,1H3. The van der Waals surface area contributed by atoms with Gasteiger partial charge in [0.1, 0.15) is 5.82 Å². The molecule has 0 amide bonds. The molecule has 1 atom stereocenters. The molecule has 14 heavy (non-hydrogen) atoms. The molecular weight excluding hydrogens is 203 g/mol. The third kappa shape index (κ3) is 2.67. The quantitative estimate of drug-likeness (QED) is 0.809. The Bertz CT molecular complexity index is 304. The van der Waals surface area contributed by atoms with Crippen molar-refractivity contribution in [3.63, 3.8) is 0 Å². The highest BCUT2D eigenvalue weighted by atomic mass is 35.5. The van der Waals surface area contributed by atoms with Gasteiger partial charge in [0, 0.05) is 12.6 Å². The maximum Gasteiger partial charge on any atom is 0.141 e. The van der Waals surface area contributed by atoms with Crippen molar-refractivity contribution in [1.29, 1.82) is 0 Å². The first kappa shape index (κ1) is 11.4. The van der Waals surface area contributed by atoms with Gasteiger partial charge in [0.2, 0.25) is 0 Å². The molecule has 0 spiro atoms. The fourth-order valence-corrected chi connectivity index (χ4v) is 1.50. The van der Waals surface area contributed by atoms with E-state index in [1.807, 2.05) is 6.92 Å². The Morgan fingerprint density at radius 1 is 1.57 bits per heavy atom. The Balaban J connectivity index is 2.88. The molecule has 78 valence electrons. The molecule has 1 rings (SSSR count). The number of hydrogen-bond donors (Lipinski definition) is 2. The van der Waals surface area contributed by atoms with Crippen LogP contribution in [-0.4, -0.2) is 13.1 Å².